The molecule has 1 aromatic heterocycles. The van der Waals surface area contributed by atoms with Crippen molar-refractivity contribution >= 4 is 10.9 Å². The molecule has 0 aliphatic carbocycles. The van der Waals surface area contributed by atoms with Crippen LogP contribution in [-0.2, 0) is 7.05 Å². The fourth-order valence-corrected chi connectivity index (χ4v) is 1.94. The van der Waals surface area contributed by atoms with Crippen LogP contribution in [0.5, 0.6) is 0 Å². The summed E-state index contributed by atoms with van der Waals surface area (Å²) in [6.07, 6.45) is 2.11. The third-order valence-electron chi connectivity index (χ3n) is 2.66. The minimum Gasteiger partial charge on any atom is -0.201 e. The highest BCUT2D eigenvalue weighted by atomic mass is 14.9. The van der Waals surface area contributed by atoms with E-state index >= 15 is 0 Å². The molecule has 0 spiro atoms. The number of aryl methyl sites for hydroxylation is 1. The lowest BCUT2D eigenvalue weighted by Crippen LogP contribution is -2.29. The largest absolute Gasteiger partial charge is 0.215 e. The second-order valence-corrected chi connectivity index (χ2v) is 4.06. The smallest absolute Gasteiger partial charge is 0.201 e. The van der Waals surface area contributed by atoms with Gasteiger partial charge in [0.2, 0.25) is 5.52 Å². The highest BCUT2D eigenvalue weighted by Gasteiger charge is 2.12. The third kappa shape index (κ3) is 1.39. The summed E-state index contributed by atoms with van der Waals surface area (Å²) in [5.74, 6) is 0.576. The molecule has 1 heterocycles. The van der Waals surface area contributed by atoms with Gasteiger partial charge in [-0.3, -0.25) is 0 Å². The number of nitrogens with zero attached hydrogens (tertiary/aromatic N) is 1. The van der Waals surface area contributed by atoms with Gasteiger partial charge in [0.1, 0.15) is 7.05 Å². The molecule has 0 fully saturated rings. The van der Waals surface area contributed by atoms with Gasteiger partial charge in [0.15, 0.2) is 6.20 Å². The van der Waals surface area contributed by atoms with Crippen molar-refractivity contribution in [3.8, 4) is 0 Å². The normalized spacial score (nSPS) is 11.1. The maximum Gasteiger partial charge on any atom is 0.215 e. The van der Waals surface area contributed by atoms with Crippen LogP contribution in [0.15, 0.2) is 36.5 Å². The molecule has 0 aliphatic rings. The number of benzene rings is 1. The van der Waals surface area contributed by atoms with Gasteiger partial charge in [-0.2, -0.15) is 0 Å². The molecule has 0 amide bonds. The molecule has 0 saturated heterocycles. The Bertz CT molecular complexity index is 452. The molecule has 0 saturated carbocycles. The minimum absolute atomic E-state index is 0.576. The average molecular weight is 186 g/mol. The monoisotopic (exact) mass is 186 g/mol. The highest BCUT2D eigenvalue weighted by molar-refractivity contribution is 5.79. The van der Waals surface area contributed by atoms with Gasteiger partial charge < -0.3 is 0 Å². The lowest BCUT2D eigenvalue weighted by Gasteiger charge is -2.06. The van der Waals surface area contributed by atoms with Crippen molar-refractivity contribution < 1.29 is 4.57 Å². The summed E-state index contributed by atoms with van der Waals surface area (Å²) >= 11 is 0. The van der Waals surface area contributed by atoms with Crippen molar-refractivity contribution in [1.29, 1.82) is 0 Å². The molecular weight excluding hydrogens is 170 g/mol. The number of aromatic nitrogens is 1. The van der Waals surface area contributed by atoms with E-state index in [1.807, 2.05) is 0 Å². The van der Waals surface area contributed by atoms with Crippen LogP contribution in [0, 0.1) is 0 Å². The molecule has 2 aromatic rings. The van der Waals surface area contributed by atoms with Gasteiger partial charge in [0.05, 0.1) is 0 Å². The molecular formula is C13H16N+. The lowest BCUT2D eigenvalue weighted by molar-refractivity contribution is -0.645. The molecule has 1 nitrogen and oxygen atoms in total. The van der Waals surface area contributed by atoms with E-state index in [0.29, 0.717) is 5.92 Å². The highest BCUT2D eigenvalue weighted by Crippen LogP contribution is 2.21. The quantitative estimate of drug-likeness (QED) is 0.603. The van der Waals surface area contributed by atoms with E-state index in [1.165, 1.54) is 16.5 Å². The van der Waals surface area contributed by atoms with E-state index < -0.39 is 0 Å². The summed E-state index contributed by atoms with van der Waals surface area (Å²) in [4.78, 5) is 0. The van der Waals surface area contributed by atoms with Crippen molar-refractivity contribution in [3.63, 3.8) is 0 Å². The van der Waals surface area contributed by atoms with Crippen molar-refractivity contribution in [2.75, 3.05) is 0 Å². The zero-order valence-corrected chi connectivity index (χ0v) is 8.99. The topological polar surface area (TPSA) is 3.88 Å². The predicted molar refractivity (Wildman–Crippen MR) is 59.2 cm³/mol. The Morgan fingerprint density at radius 2 is 1.79 bits per heavy atom. The van der Waals surface area contributed by atoms with Gasteiger partial charge in [-0.25, -0.2) is 4.57 Å². The van der Waals surface area contributed by atoms with Crippen LogP contribution in [0.3, 0.4) is 0 Å². The van der Waals surface area contributed by atoms with E-state index in [4.69, 9.17) is 0 Å². The Kier molecular flexibility index (Phi) is 2.24. The zero-order valence-electron chi connectivity index (χ0n) is 8.99. The van der Waals surface area contributed by atoms with E-state index in [9.17, 15) is 0 Å². The van der Waals surface area contributed by atoms with Gasteiger partial charge >= 0.3 is 0 Å². The Balaban J connectivity index is 2.84. The van der Waals surface area contributed by atoms with Gasteiger partial charge in [-0.15, -0.1) is 0 Å². The van der Waals surface area contributed by atoms with Crippen LogP contribution in [0.4, 0.5) is 0 Å². The number of para-hydroxylation sites is 1. The number of hydrogen-bond donors (Lipinski definition) is 0. The number of pyridine rings is 1. The summed E-state index contributed by atoms with van der Waals surface area (Å²) in [7, 11) is 2.11. The van der Waals surface area contributed by atoms with Crippen molar-refractivity contribution in [2.24, 2.45) is 7.05 Å². The molecule has 0 bridgehead atoms. The summed E-state index contributed by atoms with van der Waals surface area (Å²) in [6.45, 7) is 4.48. The Labute approximate surface area is 85.0 Å². The standard InChI is InChI=1S/C13H16N/c1-10(2)12-8-4-6-11-7-5-9-14(3)13(11)12/h4-10H,1-3H3/q+1. The fourth-order valence-electron chi connectivity index (χ4n) is 1.94. The van der Waals surface area contributed by atoms with E-state index in [1.54, 1.807) is 0 Å². The number of fused-ring (bicyclic) bond motifs is 1. The fraction of sp³-hybridized carbons (Fsp3) is 0.308. The molecule has 14 heavy (non-hydrogen) atoms. The maximum atomic E-state index is 2.24. The molecule has 0 aliphatic heterocycles. The van der Waals surface area contributed by atoms with E-state index in [2.05, 4.69) is 62.0 Å². The predicted octanol–water partition coefficient (Wildman–Crippen LogP) is 2.79. The molecule has 0 unspecified atom stereocenters. The SMILES string of the molecule is CC(C)c1cccc2ccc[n+](C)c12. The van der Waals surface area contributed by atoms with Gasteiger partial charge in [-0.05, 0) is 18.1 Å². The van der Waals surface area contributed by atoms with Gasteiger partial charge in [0.25, 0.3) is 0 Å². The van der Waals surface area contributed by atoms with Crippen molar-refractivity contribution in [1.82, 2.24) is 0 Å². The van der Waals surface area contributed by atoms with Crippen LogP contribution in [-0.4, -0.2) is 0 Å². The first kappa shape index (κ1) is 9.20. The summed E-state index contributed by atoms with van der Waals surface area (Å²) in [5, 5.41) is 1.32. The second kappa shape index (κ2) is 3.41. The second-order valence-electron chi connectivity index (χ2n) is 4.06. The van der Waals surface area contributed by atoms with Crippen LogP contribution in [0.25, 0.3) is 10.9 Å². The Morgan fingerprint density at radius 1 is 1.07 bits per heavy atom. The van der Waals surface area contributed by atoms with Crippen molar-refractivity contribution in [2.45, 2.75) is 19.8 Å². The first-order chi connectivity index (χ1) is 6.70. The summed E-state index contributed by atoms with van der Waals surface area (Å²) in [6, 6.07) is 10.8. The summed E-state index contributed by atoms with van der Waals surface area (Å²) in [5.41, 5.74) is 2.77. The zero-order chi connectivity index (χ0) is 10.1. The van der Waals surface area contributed by atoms with Crippen LogP contribution < -0.4 is 4.57 Å². The molecule has 1 aromatic carbocycles. The Hall–Kier alpha value is -1.37. The number of hydrogen-bond acceptors (Lipinski definition) is 0. The Morgan fingerprint density at radius 3 is 2.50 bits per heavy atom. The third-order valence-corrected chi connectivity index (χ3v) is 2.66. The van der Waals surface area contributed by atoms with Crippen molar-refractivity contribution in [3.05, 3.63) is 42.1 Å². The molecule has 1 heteroatoms. The molecule has 0 N–H and O–H groups in total. The maximum absolute atomic E-state index is 2.24. The number of rotatable bonds is 1. The lowest BCUT2D eigenvalue weighted by atomic mass is 9.99. The molecule has 72 valence electrons. The van der Waals surface area contributed by atoms with E-state index in [0.717, 1.165) is 0 Å². The van der Waals surface area contributed by atoms with E-state index in [-0.39, 0.29) is 0 Å². The molecule has 2 rings (SSSR count). The first-order valence-electron chi connectivity index (χ1n) is 5.07. The minimum atomic E-state index is 0.576. The van der Waals surface area contributed by atoms with Gasteiger partial charge in [-0.1, -0.05) is 26.0 Å². The average Bonchev–Trinajstić information content (AvgIpc) is 2.17. The van der Waals surface area contributed by atoms with Crippen LogP contribution >= 0.6 is 0 Å². The molecule has 0 radical (unpaired) electrons. The van der Waals surface area contributed by atoms with Gasteiger partial charge in [0, 0.05) is 17.0 Å². The first-order valence-corrected chi connectivity index (χ1v) is 5.07. The van der Waals surface area contributed by atoms with Crippen LogP contribution in [0.2, 0.25) is 0 Å². The van der Waals surface area contributed by atoms with Crippen LogP contribution in [0.1, 0.15) is 25.3 Å². The molecule has 0 atom stereocenters. The summed E-state index contributed by atoms with van der Waals surface area (Å²) < 4.78 is 2.20.